The molecule has 144 valence electrons. The summed E-state index contributed by atoms with van der Waals surface area (Å²) in [6, 6.07) is 8.75. The van der Waals surface area contributed by atoms with Gasteiger partial charge in [0.2, 0.25) is 0 Å². The lowest BCUT2D eigenvalue weighted by Crippen LogP contribution is -2.44. The highest BCUT2D eigenvalue weighted by molar-refractivity contribution is 6.40. The Morgan fingerprint density at radius 2 is 1.85 bits per heavy atom. The van der Waals surface area contributed by atoms with Crippen molar-refractivity contribution in [1.29, 1.82) is 0 Å². The third-order valence-electron chi connectivity index (χ3n) is 4.75. The van der Waals surface area contributed by atoms with Crippen molar-refractivity contribution in [1.82, 2.24) is 4.90 Å². The number of aliphatic hydroxyl groups is 1. The van der Waals surface area contributed by atoms with E-state index >= 15 is 0 Å². The zero-order chi connectivity index (χ0) is 19.4. The quantitative estimate of drug-likeness (QED) is 0.364. The number of hydrogen-bond donors (Lipinski definition) is 4. The topological polar surface area (TPSA) is 124 Å². The van der Waals surface area contributed by atoms with Crippen molar-refractivity contribution in [2.45, 2.75) is 57.1 Å². The summed E-state index contributed by atoms with van der Waals surface area (Å²) < 4.78 is 0. The van der Waals surface area contributed by atoms with Crippen LogP contribution < -0.4 is 5.73 Å². The zero-order valence-electron chi connectivity index (χ0n) is 15.1. The molecule has 8 heteroatoms. The van der Waals surface area contributed by atoms with Crippen LogP contribution in [-0.2, 0) is 22.6 Å². The van der Waals surface area contributed by atoms with Crippen LogP contribution in [0, 0.1) is 0 Å². The first-order valence-corrected chi connectivity index (χ1v) is 9.04. The SMILES string of the molecule is NC(CCCCB(O)O)CCN1Cc2ccccc2C[C@H]1CO.O=C=O. The second-order valence-corrected chi connectivity index (χ2v) is 6.68. The van der Waals surface area contributed by atoms with Gasteiger partial charge in [-0.1, -0.05) is 37.1 Å². The molecule has 2 rings (SSSR count). The predicted octanol–water partition coefficient (Wildman–Crippen LogP) is 0.183. The van der Waals surface area contributed by atoms with Gasteiger partial charge in [-0.15, -0.1) is 0 Å². The van der Waals surface area contributed by atoms with E-state index in [1.165, 1.54) is 11.1 Å². The Bertz CT molecular complexity index is 552. The van der Waals surface area contributed by atoms with Crippen molar-refractivity contribution in [2.24, 2.45) is 5.73 Å². The molecule has 1 heterocycles. The van der Waals surface area contributed by atoms with E-state index in [0.717, 1.165) is 45.2 Å². The molecule has 0 spiro atoms. The highest BCUT2D eigenvalue weighted by Crippen LogP contribution is 2.23. The molecular weight excluding hydrogens is 335 g/mol. The smallest absolute Gasteiger partial charge is 0.427 e. The van der Waals surface area contributed by atoms with Crippen molar-refractivity contribution in [2.75, 3.05) is 13.2 Å². The highest BCUT2D eigenvalue weighted by atomic mass is 16.4. The Morgan fingerprint density at radius 3 is 2.46 bits per heavy atom. The average molecular weight is 364 g/mol. The molecule has 26 heavy (non-hydrogen) atoms. The second-order valence-electron chi connectivity index (χ2n) is 6.68. The molecule has 1 aliphatic heterocycles. The summed E-state index contributed by atoms with van der Waals surface area (Å²) in [6.45, 7) is 1.95. The van der Waals surface area contributed by atoms with Gasteiger partial charge in [-0.2, -0.15) is 9.59 Å². The minimum absolute atomic E-state index is 0.127. The fraction of sp³-hybridized carbons (Fsp3) is 0.611. The van der Waals surface area contributed by atoms with E-state index in [1.54, 1.807) is 0 Å². The van der Waals surface area contributed by atoms with E-state index < -0.39 is 7.12 Å². The van der Waals surface area contributed by atoms with Crippen LogP contribution in [-0.4, -0.2) is 58.6 Å². The summed E-state index contributed by atoms with van der Waals surface area (Å²) in [4.78, 5) is 18.6. The maximum absolute atomic E-state index is 9.66. The van der Waals surface area contributed by atoms with Gasteiger partial charge >= 0.3 is 13.3 Å². The van der Waals surface area contributed by atoms with E-state index in [9.17, 15) is 5.11 Å². The summed E-state index contributed by atoms with van der Waals surface area (Å²) in [5.41, 5.74) is 8.87. The van der Waals surface area contributed by atoms with Crippen LogP contribution in [0.2, 0.25) is 6.32 Å². The molecule has 7 nitrogen and oxygen atoms in total. The first-order valence-electron chi connectivity index (χ1n) is 9.04. The first-order chi connectivity index (χ1) is 12.5. The molecule has 0 aromatic heterocycles. The molecule has 0 radical (unpaired) electrons. The molecule has 0 saturated heterocycles. The van der Waals surface area contributed by atoms with E-state index in [0.29, 0.717) is 6.32 Å². The molecule has 0 bridgehead atoms. The normalized spacial score (nSPS) is 17.5. The van der Waals surface area contributed by atoms with Gasteiger partial charge in [0.25, 0.3) is 0 Å². The van der Waals surface area contributed by atoms with Gasteiger partial charge in [-0.05, 0) is 36.7 Å². The Labute approximate surface area is 155 Å². The summed E-state index contributed by atoms with van der Waals surface area (Å²) in [6.07, 6.45) is 5.09. The van der Waals surface area contributed by atoms with Gasteiger partial charge < -0.3 is 20.9 Å². The molecule has 1 unspecified atom stereocenters. The highest BCUT2D eigenvalue weighted by Gasteiger charge is 2.25. The summed E-state index contributed by atoms with van der Waals surface area (Å²) in [5.74, 6) is 0. The molecule has 5 N–H and O–H groups in total. The van der Waals surface area contributed by atoms with Crippen LogP contribution in [0.15, 0.2) is 24.3 Å². The van der Waals surface area contributed by atoms with E-state index in [-0.39, 0.29) is 24.8 Å². The third-order valence-corrected chi connectivity index (χ3v) is 4.75. The van der Waals surface area contributed by atoms with E-state index in [1.807, 2.05) is 0 Å². The molecule has 1 aliphatic rings. The van der Waals surface area contributed by atoms with Gasteiger partial charge in [-0.3, -0.25) is 4.90 Å². The standard InChI is InChI=1S/C17H29BN2O3.CO2/c19-16(7-3-4-9-18(22)23)8-10-20-12-15-6-2-1-5-14(15)11-17(20)13-21;2-1-3/h1-2,5-6,16-17,21-23H,3-4,7-13,19H2;/t16?,17-;/m0./s1. The number of nitrogens with two attached hydrogens (primary N) is 1. The van der Waals surface area contributed by atoms with Crippen molar-refractivity contribution < 1.29 is 24.7 Å². The number of unbranched alkanes of at least 4 members (excludes halogenated alkanes) is 1. The number of aliphatic hydroxyl groups excluding tert-OH is 1. The maximum Gasteiger partial charge on any atom is 0.451 e. The number of hydrogen-bond acceptors (Lipinski definition) is 7. The van der Waals surface area contributed by atoms with Crippen molar-refractivity contribution in [3.63, 3.8) is 0 Å². The lowest BCUT2D eigenvalue weighted by Gasteiger charge is -2.36. The maximum atomic E-state index is 9.66. The molecule has 1 aromatic carbocycles. The Morgan fingerprint density at radius 1 is 1.19 bits per heavy atom. The molecule has 0 fully saturated rings. The molecule has 2 atom stereocenters. The molecule has 0 amide bonds. The fourth-order valence-corrected chi connectivity index (χ4v) is 3.29. The summed E-state index contributed by atoms with van der Waals surface area (Å²) >= 11 is 0. The van der Waals surface area contributed by atoms with Crippen LogP contribution >= 0.6 is 0 Å². The average Bonchev–Trinajstić information content (AvgIpc) is 2.63. The predicted molar refractivity (Wildman–Crippen MR) is 97.9 cm³/mol. The summed E-state index contributed by atoms with van der Waals surface area (Å²) in [5, 5.41) is 27.3. The van der Waals surface area contributed by atoms with Gasteiger partial charge in [0.1, 0.15) is 0 Å². The van der Waals surface area contributed by atoms with Crippen LogP contribution in [0.1, 0.15) is 36.8 Å². The number of rotatable bonds is 9. The number of carbonyl (C=O) groups excluding carboxylic acids is 2. The monoisotopic (exact) mass is 364 g/mol. The van der Waals surface area contributed by atoms with Crippen LogP contribution in [0.5, 0.6) is 0 Å². The Hall–Kier alpha value is -1.54. The molecule has 0 saturated carbocycles. The summed E-state index contributed by atoms with van der Waals surface area (Å²) in [7, 11) is -1.20. The molecule has 0 aliphatic carbocycles. The zero-order valence-corrected chi connectivity index (χ0v) is 15.1. The van der Waals surface area contributed by atoms with Crippen LogP contribution in [0.4, 0.5) is 0 Å². The van der Waals surface area contributed by atoms with Crippen LogP contribution in [0.25, 0.3) is 0 Å². The Kier molecular flexibility index (Phi) is 11.0. The van der Waals surface area contributed by atoms with Gasteiger partial charge in [0, 0.05) is 25.2 Å². The molecular formula is C18H29BN2O5. The number of fused-ring (bicyclic) bond motifs is 1. The number of benzene rings is 1. The van der Waals surface area contributed by atoms with Gasteiger partial charge in [0.05, 0.1) is 6.61 Å². The second kappa shape index (κ2) is 12.8. The van der Waals surface area contributed by atoms with Crippen molar-refractivity contribution in [3.8, 4) is 0 Å². The minimum Gasteiger partial charge on any atom is -0.427 e. The lowest BCUT2D eigenvalue weighted by molar-refractivity contribution is -0.191. The lowest BCUT2D eigenvalue weighted by atomic mass is 9.83. The van der Waals surface area contributed by atoms with Gasteiger partial charge in [0.15, 0.2) is 0 Å². The number of nitrogens with zero attached hydrogens (tertiary/aromatic N) is 1. The van der Waals surface area contributed by atoms with Crippen molar-refractivity contribution in [3.05, 3.63) is 35.4 Å². The van der Waals surface area contributed by atoms with Crippen molar-refractivity contribution >= 4 is 13.3 Å². The van der Waals surface area contributed by atoms with Gasteiger partial charge in [-0.25, -0.2) is 0 Å². The minimum atomic E-state index is -1.20. The fourth-order valence-electron chi connectivity index (χ4n) is 3.29. The Balaban J connectivity index is 0.00000105. The van der Waals surface area contributed by atoms with E-state index in [2.05, 4.69) is 29.2 Å². The van der Waals surface area contributed by atoms with E-state index in [4.69, 9.17) is 25.4 Å². The van der Waals surface area contributed by atoms with Crippen LogP contribution in [0.3, 0.4) is 0 Å². The molecule has 1 aromatic rings. The largest absolute Gasteiger partial charge is 0.451 e. The first kappa shape index (κ1) is 22.5. The third kappa shape index (κ3) is 8.23.